The van der Waals surface area contributed by atoms with Crippen LogP contribution in [0.1, 0.15) is 11.1 Å². The van der Waals surface area contributed by atoms with Crippen molar-refractivity contribution >= 4 is 29.2 Å². The number of rotatable bonds is 4. The minimum atomic E-state index is -0.744. The van der Waals surface area contributed by atoms with Crippen molar-refractivity contribution in [1.82, 2.24) is 10.6 Å². The molecule has 152 valence electrons. The summed E-state index contributed by atoms with van der Waals surface area (Å²) >= 11 is 0. The number of para-hydroxylation sites is 2. The maximum absolute atomic E-state index is 12.5. The number of likely N-dealkylation sites (N-methyl/N-ethyl adjacent to an activating group) is 1. The first-order chi connectivity index (χ1) is 13.9. The molecule has 0 aliphatic carbocycles. The number of nitrogens with one attached hydrogen (secondary N) is 3. The van der Waals surface area contributed by atoms with Crippen molar-refractivity contribution in [2.45, 2.75) is 20.0 Å². The van der Waals surface area contributed by atoms with Crippen molar-refractivity contribution in [1.29, 1.82) is 0 Å². The highest BCUT2D eigenvalue weighted by Crippen LogP contribution is 2.32. The summed E-state index contributed by atoms with van der Waals surface area (Å²) in [5.41, 5.74) is 3.32. The van der Waals surface area contributed by atoms with Crippen LogP contribution in [0.5, 0.6) is 5.75 Å². The smallest absolute Gasteiger partial charge is 0.325 e. The standard InChI is InChI=1S/C21H24N4O4/c1-13-8-9-15(14(2)10-13)23-21(28)24-19(26)12-25-11-18(20(27)22-3)29-17-7-5-4-6-16(17)25/h4-10,18H,11-12H2,1-3H3,(H,22,27)(H2,23,24,26,28)/t18-/m0/s1. The number of imide groups is 1. The average Bonchev–Trinajstić information content (AvgIpc) is 2.69. The van der Waals surface area contributed by atoms with Crippen LogP contribution in [0.4, 0.5) is 16.2 Å². The summed E-state index contributed by atoms with van der Waals surface area (Å²) in [6.45, 7) is 3.96. The average molecular weight is 396 g/mol. The van der Waals surface area contributed by atoms with Gasteiger partial charge in [0.05, 0.1) is 18.8 Å². The number of fused-ring (bicyclic) bond motifs is 1. The van der Waals surface area contributed by atoms with Gasteiger partial charge in [0.2, 0.25) is 5.91 Å². The molecule has 0 aromatic heterocycles. The third kappa shape index (κ3) is 4.84. The molecule has 0 spiro atoms. The fourth-order valence-corrected chi connectivity index (χ4v) is 3.20. The van der Waals surface area contributed by atoms with Crippen LogP contribution in [0.2, 0.25) is 0 Å². The van der Waals surface area contributed by atoms with Crippen LogP contribution in [0.3, 0.4) is 0 Å². The van der Waals surface area contributed by atoms with E-state index in [1.807, 2.05) is 32.0 Å². The Morgan fingerprint density at radius 2 is 1.90 bits per heavy atom. The fraction of sp³-hybridized carbons (Fsp3) is 0.286. The molecule has 0 radical (unpaired) electrons. The van der Waals surface area contributed by atoms with Gasteiger partial charge in [0.1, 0.15) is 5.75 Å². The molecule has 4 amide bonds. The van der Waals surface area contributed by atoms with Gasteiger partial charge >= 0.3 is 6.03 Å². The van der Waals surface area contributed by atoms with E-state index in [2.05, 4.69) is 16.0 Å². The lowest BCUT2D eigenvalue weighted by Gasteiger charge is -2.34. The third-order valence-corrected chi connectivity index (χ3v) is 4.62. The monoisotopic (exact) mass is 396 g/mol. The number of aryl methyl sites for hydroxylation is 2. The molecule has 2 aromatic rings. The van der Waals surface area contributed by atoms with Crippen LogP contribution >= 0.6 is 0 Å². The van der Waals surface area contributed by atoms with Gasteiger partial charge in [-0.3, -0.25) is 14.9 Å². The van der Waals surface area contributed by atoms with E-state index in [4.69, 9.17) is 4.74 Å². The fourth-order valence-electron chi connectivity index (χ4n) is 3.20. The molecule has 1 atom stereocenters. The van der Waals surface area contributed by atoms with E-state index < -0.39 is 18.0 Å². The number of hydrogen-bond donors (Lipinski definition) is 3. The van der Waals surface area contributed by atoms with Gasteiger partial charge in [-0.25, -0.2) is 4.79 Å². The summed E-state index contributed by atoms with van der Waals surface area (Å²) in [5, 5.41) is 7.57. The molecule has 1 aliphatic heterocycles. The van der Waals surface area contributed by atoms with Crippen LogP contribution in [-0.2, 0) is 9.59 Å². The van der Waals surface area contributed by atoms with Crippen molar-refractivity contribution in [2.75, 3.05) is 30.4 Å². The van der Waals surface area contributed by atoms with Crippen molar-refractivity contribution < 1.29 is 19.1 Å². The second-order valence-electron chi connectivity index (χ2n) is 6.89. The maximum Gasteiger partial charge on any atom is 0.325 e. The molecule has 3 N–H and O–H groups in total. The zero-order valence-electron chi connectivity index (χ0n) is 16.6. The number of amides is 4. The second-order valence-corrected chi connectivity index (χ2v) is 6.89. The Hall–Kier alpha value is -3.55. The van der Waals surface area contributed by atoms with Crippen LogP contribution in [0, 0.1) is 13.8 Å². The molecule has 0 fully saturated rings. The molecular weight excluding hydrogens is 372 g/mol. The van der Waals surface area contributed by atoms with Crippen LogP contribution in [0.25, 0.3) is 0 Å². The number of carbonyl (C=O) groups is 3. The second kappa shape index (κ2) is 8.64. The first-order valence-electron chi connectivity index (χ1n) is 9.27. The Bertz CT molecular complexity index is 944. The predicted octanol–water partition coefficient (Wildman–Crippen LogP) is 1.97. The number of hydrogen-bond acceptors (Lipinski definition) is 5. The SMILES string of the molecule is CNC(=O)[C@@H]1CN(CC(=O)NC(=O)Nc2ccc(C)cc2C)c2ccccc2O1. The summed E-state index contributed by atoms with van der Waals surface area (Å²) in [6, 6.07) is 12.2. The molecule has 1 heterocycles. The van der Waals surface area contributed by atoms with E-state index in [9.17, 15) is 14.4 Å². The highest BCUT2D eigenvalue weighted by molar-refractivity contribution is 6.03. The van der Waals surface area contributed by atoms with E-state index in [0.717, 1.165) is 11.1 Å². The topological polar surface area (TPSA) is 99.8 Å². The minimum absolute atomic E-state index is 0.0891. The zero-order chi connectivity index (χ0) is 21.0. The lowest BCUT2D eigenvalue weighted by Crippen LogP contribution is -2.51. The molecule has 0 saturated heterocycles. The predicted molar refractivity (Wildman–Crippen MR) is 110 cm³/mol. The summed E-state index contributed by atoms with van der Waals surface area (Å²) in [6.07, 6.45) is -0.744. The van der Waals surface area contributed by atoms with Crippen LogP contribution in [0.15, 0.2) is 42.5 Å². The van der Waals surface area contributed by atoms with Gasteiger partial charge in [0.15, 0.2) is 6.10 Å². The minimum Gasteiger partial charge on any atom is -0.477 e. The number of nitrogens with zero attached hydrogens (tertiary/aromatic N) is 1. The van der Waals surface area contributed by atoms with Gasteiger partial charge in [-0.1, -0.05) is 29.8 Å². The first-order valence-corrected chi connectivity index (χ1v) is 9.27. The van der Waals surface area contributed by atoms with Gasteiger partial charge < -0.3 is 20.3 Å². The number of benzene rings is 2. The van der Waals surface area contributed by atoms with Crippen LogP contribution in [-0.4, -0.2) is 44.1 Å². The Labute approximate surface area is 169 Å². The highest BCUT2D eigenvalue weighted by atomic mass is 16.5. The molecular formula is C21H24N4O4. The Morgan fingerprint density at radius 1 is 1.14 bits per heavy atom. The maximum atomic E-state index is 12.5. The largest absolute Gasteiger partial charge is 0.477 e. The van der Waals surface area contributed by atoms with E-state index in [1.54, 1.807) is 29.2 Å². The molecule has 1 aliphatic rings. The first kappa shape index (κ1) is 20.2. The molecule has 0 saturated carbocycles. The molecule has 0 bridgehead atoms. The lowest BCUT2D eigenvalue weighted by molar-refractivity contribution is -0.127. The number of anilines is 2. The molecule has 3 rings (SSSR count). The molecule has 29 heavy (non-hydrogen) atoms. The van der Waals surface area contributed by atoms with E-state index in [1.165, 1.54) is 7.05 Å². The van der Waals surface area contributed by atoms with Gasteiger partial charge in [-0.2, -0.15) is 0 Å². The molecule has 0 unspecified atom stereocenters. The van der Waals surface area contributed by atoms with Crippen molar-refractivity contribution in [3.05, 3.63) is 53.6 Å². The zero-order valence-corrected chi connectivity index (χ0v) is 16.6. The summed E-state index contributed by atoms with van der Waals surface area (Å²) in [4.78, 5) is 38.4. The normalized spacial score (nSPS) is 15.0. The van der Waals surface area contributed by atoms with E-state index >= 15 is 0 Å². The van der Waals surface area contributed by atoms with Crippen molar-refractivity contribution in [3.63, 3.8) is 0 Å². The lowest BCUT2D eigenvalue weighted by atomic mass is 10.1. The van der Waals surface area contributed by atoms with Crippen molar-refractivity contribution in [2.24, 2.45) is 0 Å². The van der Waals surface area contributed by atoms with Gasteiger partial charge in [0, 0.05) is 12.7 Å². The van der Waals surface area contributed by atoms with Gasteiger partial charge in [-0.15, -0.1) is 0 Å². The van der Waals surface area contributed by atoms with E-state index in [-0.39, 0.29) is 19.0 Å². The van der Waals surface area contributed by atoms with Gasteiger partial charge in [0.25, 0.3) is 5.91 Å². The number of ether oxygens (including phenoxy) is 1. The summed E-state index contributed by atoms with van der Waals surface area (Å²) in [7, 11) is 1.53. The Morgan fingerprint density at radius 3 is 2.62 bits per heavy atom. The number of carbonyl (C=O) groups excluding carboxylic acids is 3. The molecule has 8 heteroatoms. The van der Waals surface area contributed by atoms with Crippen LogP contribution < -0.4 is 25.6 Å². The summed E-state index contributed by atoms with van der Waals surface area (Å²) in [5.74, 6) is -0.253. The molecule has 2 aromatic carbocycles. The highest BCUT2D eigenvalue weighted by Gasteiger charge is 2.31. The molecule has 8 nitrogen and oxygen atoms in total. The third-order valence-electron chi connectivity index (χ3n) is 4.62. The van der Waals surface area contributed by atoms with Gasteiger partial charge in [-0.05, 0) is 37.6 Å². The Kier molecular flexibility index (Phi) is 6.01. The van der Waals surface area contributed by atoms with E-state index in [0.29, 0.717) is 17.1 Å². The Balaban J connectivity index is 1.66. The van der Waals surface area contributed by atoms with Crippen molar-refractivity contribution in [3.8, 4) is 5.75 Å². The quantitative estimate of drug-likeness (QED) is 0.734. The summed E-state index contributed by atoms with van der Waals surface area (Å²) < 4.78 is 5.71. The number of urea groups is 1.